The van der Waals surface area contributed by atoms with Crippen LogP contribution in [0.5, 0.6) is 5.75 Å². The molecule has 0 radical (unpaired) electrons. The van der Waals surface area contributed by atoms with Gasteiger partial charge in [0, 0.05) is 33.9 Å². The zero-order valence-corrected chi connectivity index (χ0v) is 12.5. The van der Waals surface area contributed by atoms with Gasteiger partial charge in [0.1, 0.15) is 5.75 Å². The van der Waals surface area contributed by atoms with Crippen molar-refractivity contribution in [1.29, 1.82) is 0 Å². The van der Waals surface area contributed by atoms with Gasteiger partial charge in [-0.25, -0.2) is 0 Å². The predicted octanol–water partition coefficient (Wildman–Crippen LogP) is 1.50. The van der Waals surface area contributed by atoms with Crippen LogP contribution in [0.1, 0.15) is 12.5 Å². The van der Waals surface area contributed by atoms with Crippen LogP contribution in [0.2, 0.25) is 0 Å². The summed E-state index contributed by atoms with van der Waals surface area (Å²) in [6.45, 7) is 4.66. The zero-order valence-electron chi connectivity index (χ0n) is 12.5. The van der Waals surface area contributed by atoms with Gasteiger partial charge in [-0.3, -0.25) is 4.90 Å². The molecular formula is C15H25NO4. The average molecular weight is 283 g/mol. The number of hydrogen-bond acceptors (Lipinski definition) is 5. The minimum Gasteiger partial charge on any atom is -0.494 e. The van der Waals surface area contributed by atoms with E-state index < -0.39 is 0 Å². The monoisotopic (exact) mass is 283 g/mol. The first kappa shape index (κ1) is 16.9. The lowest BCUT2D eigenvalue weighted by Crippen LogP contribution is -2.36. The van der Waals surface area contributed by atoms with Gasteiger partial charge in [0.2, 0.25) is 0 Å². The highest BCUT2D eigenvalue weighted by Crippen LogP contribution is 2.14. The van der Waals surface area contributed by atoms with Crippen molar-refractivity contribution >= 4 is 0 Å². The quantitative estimate of drug-likeness (QED) is 0.660. The number of nitrogens with zero attached hydrogens (tertiary/aromatic N) is 1. The Bertz CT molecular complexity index is 351. The van der Waals surface area contributed by atoms with E-state index in [4.69, 9.17) is 19.3 Å². The number of benzene rings is 1. The van der Waals surface area contributed by atoms with Crippen molar-refractivity contribution in [3.05, 3.63) is 29.8 Å². The third-order valence-electron chi connectivity index (χ3n) is 2.99. The molecule has 0 aliphatic rings. The lowest BCUT2D eigenvalue weighted by atomic mass is 10.2. The number of aliphatic hydroxyl groups is 1. The second-order valence-corrected chi connectivity index (χ2v) is 4.44. The molecule has 0 bridgehead atoms. The Morgan fingerprint density at radius 1 is 1.15 bits per heavy atom. The molecule has 0 aliphatic carbocycles. The summed E-state index contributed by atoms with van der Waals surface area (Å²) >= 11 is 0. The molecule has 0 aliphatic heterocycles. The van der Waals surface area contributed by atoms with E-state index in [1.165, 1.54) is 0 Å². The van der Waals surface area contributed by atoms with E-state index in [-0.39, 0.29) is 12.9 Å². The standard InChI is InChI=1S/C15H25NO4/c1-4-20-14-7-5-13(6-8-14)11-16(9-10-17)12-15(18-2)19-3/h5-8,15,17H,4,9-12H2,1-3H3. The predicted molar refractivity (Wildman–Crippen MR) is 77.8 cm³/mol. The summed E-state index contributed by atoms with van der Waals surface area (Å²) in [5.41, 5.74) is 1.16. The van der Waals surface area contributed by atoms with Gasteiger partial charge >= 0.3 is 0 Å². The van der Waals surface area contributed by atoms with Gasteiger partial charge in [0.05, 0.1) is 13.2 Å². The van der Waals surface area contributed by atoms with E-state index >= 15 is 0 Å². The van der Waals surface area contributed by atoms with Crippen LogP contribution < -0.4 is 4.74 Å². The zero-order chi connectivity index (χ0) is 14.8. The molecule has 5 heteroatoms. The van der Waals surface area contributed by atoms with E-state index in [1.54, 1.807) is 14.2 Å². The fourth-order valence-corrected chi connectivity index (χ4v) is 1.95. The molecule has 0 spiro atoms. The van der Waals surface area contributed by atoms with Gasteiger partial charge < -0.3 is 19.3 Å². The first-order chi connectivity index (χ1) is 9.73. The summed E-state index contributed by atoms with van der Waals surface area (Å²) in [6, 6.07) is 7.98. The molecule has 20 heavy (non-hydrogen) atoms. The maximum absolute atomic E-state index is 9.14. The van der Waals surface area contributed by atoms with E-state index in [0.717, 1.165) is 17.9 Å². The number of ether oxygens (including phenoxy) is 3. The Balaban J connectivity index is 2.59. The van der Waals surface area contributed by atoms with Crippen LogP contribution in [-0.4, -0.2) is 56.8 Å². The lowest BCUT2D eigenvalue weighted by Gasteiger charge is -2.25. The highest BCUT2D eigenvalue weighted by molar-refractivity contribution is 5.27. The lowest BCUT2D eigenvalue weighted by molar-refractivity contribution is -0.118. The molecule has 0 atom stereocenters. The molecule has 0 amide bonds. The summed E-state index contributed by atoms with van der Waals surface area (Å²) < 4.78 is 15.8. The minimum absolute atomic E-state index is 0.108. The van der Waals surface area contributed by atoms with Crippen molar-refractivity contribution in [1.82, 2.24) is 4.90 Å². The summed E-state index contributed by atoms with van der Waals surface area (Å²) in [6.07, 6.45) is -0.288. The van der Waals surface area contributed by atoms with E-state index in [2.05, 4.69) is 4.90 Å². The molecule has 0 saturated heterocycles. The Morgan fingerprint density at radius 2 is 1.80 bits per heavy atom. The molecule has 114 valence electrons. The van der Waals surface area contributed by atoms with Gasteiger partial charge in [-0.15, -0.1) is 0 Å². The number of rotatable bonds is 10. The highest BCUT2D eigenvalue weighted by atomic mass is 16.7. The van der Waals surface area contributed by atoms with Gasteiger partial charge in [0.15, 0.2) is 6.29 Å². The van der Waals surface area contributed by atoms with Crippen molar-refractivity contribution in [2.75, 3.05) is 40.5 Å². The Labute approximate surface area is 121 Å². The molecule has 0 unspecified atom stereocenters. The first-order valence-corrected chi connectivity index (χ1v) is 6.84. The van der Waals surface area contributed by atoms with Crippen molar-refractivity contribution in [3.8, 4) is 5.75 Å². The number of aliphatic hydroxyl groups excluding tert-OH is 1. The topological polar surface area (TPSA) is 51.2 Å². The molecule has 0 saturated carbocycles. The highest BCUT2D eigenvalue weighted by Gasteiger charge is 2.13. The Morgan fingerprint density at radius 3 is 2.30 bits per heavy atom. The van der Waals surface area contributed by atoms with Crippen molar-refractivity contribution in [3.63, 3.8) is 0 Å². The third-order valence-corrected chi connectivity index (χ3v) is 2.99. The Hall–Kier alpha value is -1.14. The van der Waals surface area contributed by atoms with Crippen LogP contribution in [0.3, 0.4) is 0 Å². The van der Waals surface area contributed by atoms with E-state index in [0.29, 0.717) is 19.7 Å². The maximum atomic E-state index is 9.14. The summed E-state index contributed by atoms with van der Waals surface area (Å²) in [5.74, 6) is 0.872. The maximum Gasteiger partial charge on any atom is 0.169 e. The van der Waals surface area contributed by atoms with Crippen LogP contribution in [0.15, 0.2) is 24.3 Å². The van der Waals surface area contributed by atoms with Crippen molar-refractivity contribution in [2.24, 2.45) is 0 Å². The van der Waals surface area contributed by atoms with Gasteiger partial charge in [0.25, 0.3) is 0 Å². The molecule has 1 aromatic rings. The molecule has 0 fully saturated rings. The second kappa shape index (κ2) is 9.72. The first-order valence-electron chi connectivity index (χ1n) is 6.84. The molecule has 0 aromatic heterocycles. The summed E-state index contributed by atoms with van der Waals surface area (Å²) in [5, 5.41) is 9.14. The van der Waals surface area contributed by atoms with Crippen molar-refractivity contribution in [2.45, 2.75) is 19.8 Å². The molecule has 1 aromatic carbocycles. The SMILES string of the molecule is CCOc1ccc(CN(CCO)CC(OC)OC)cc1. The van der Waals surface area contributed by atoms with E-state index in [9.17, 15) is 0 Å². The second-order valence-electron chi connectivity index (χ2n) is 4.44. The van der Waals surface area contributed by atoms with Crippen LogP contribution >= 0.6 is 0 Å². The van der Waals surface area contributed by atoms with E-state index in [1.807, 2.05) is 31.2 Å². The van der Waals surface area contributed by atoms with Gasteiger partial charge in [-0.05, 0) is 24.6 Å². The molecule has 0 heterocycles. The molecule has 1 rings (SSSR count). The molecule has 5 nitrogen and oxygen atoms in total. The molecular weight excluding hydrogens is 258 g/mol. The van der Waals surface area contributed by atoms with Crippen LogP contribution in [0.4, 0.5) is 0 Å². The van der Waals surface area contributed by atoms with Gasteiger partial charge in [-0.1, -0.05) is 12.1 Å². The largest absolute Gasteiger partial charge is 0.494 e. The van der Waals surface area contributed by atoms with Crippen LogP contribution in [-0.2, 0) is 16.0 Å². The van der Waals surface area contributed by atoms with Crippen molar-refractivity contribution < 1.29 is 19.3 Å². The fraction of sp³-hybridized carbons (Fsp3) is 0.600. The number of methoxy groups -OCH3 is 2. The minimum atomic E-state index is -0.288. The normalized spacial score (nSPS) is 11.3. The Kier molecular flexibility index (Phi) is 8.22. The number of hydrogen-bond donors (Lipinski definition) is 1. The summed E-state index contributed by atoms with van der Waals surface area (Å²) in [7, 11) is 3.23. The van der Waals surface area contributed by atoms with Crippen LogP contribution in [0.25, 0.3) is 0 Å². The van der Waals surface area contributed by atoms with Gasteiger partial charge in [-0.2, -0.15) is 0 Å². The summed E-state index contributed by atoms with van der Waals surface area (Å²) in [4.78, 5) is 2.09. The molecule has 1 N–H and O–H groups in total. The van der Waals surface area contributed by atoms with Crippen LogP contribution in [0, 0.1) is 0 Å². The fourth-order valence-electron chi connectivity index (χ4n) is 1.95. The smallest absolute Gasteiger partial charge is 0.169 e. The third kappa shape index (κ3) is 5.88. The average Bonchev–Trinajstić information content (AvgIpc) is 2.47.